The lowest BCUT2D eigenvalue weighted by Crippen LogP contribution is -2.55. The third kappa shape index (κ3) is 8.87. The lowest BCUT2D eigenvalue weighted by Gasteiger charge is -2.35. The molecular weight excluding hydrogens is 710 g/mol. The number of hydrogen-bond acceptors (Lipinski definition) is 4. The molecule has 5 rings (SSSR count). The van der Waals surface area contributed by atoms with E-state index in [2.05, 4.69) is 21.2 Å². The Labute approximate surface area is 297 Å². The molecule has 1 fully saturated rings. The van der Waals surface area contributed by atoms with Crippen LogP contribution in [-0.2, 0) is 32.6 Å². The van der Waals surface area contributed by atoms with Gasteiger partial charge in [0.2, 0.25) is 11.8 Å². The van der Waals surface area contributed by atoms with Crippen LogP contribution in [0.2, 0.25) is 5.02 Å². The highest BCUT2D eigenvalue weighted by molar-refractivity contribution is 9.10. The minimum atomic E-state index is -4.22. The van der Waals surface area contributed by atoms with Crippen LogP contribution < -0.4 is 9.62 Å². The summed E-state index contributed by atoms with van der Waals surface area (Å²) in [4.78, 5) is 30.6. The Morgan fingerprint density at radius 2 is 1.52 bits per heavy atom. The zero-order chi connectivity index (χ0) is 34.3. The Morgan fingerprint density at radius 1 is 0.854 bits per heavy atom. The molecule has 0 aromatic heterocycles. The van der Waals surface area contributed by atoms with Crippen molar-refractivity contribution in [2.24, 2.45) is 0 Å². The fourth-order valence-electron chi connectivity index (χ4n) is 6.10. The van der Waals surface area contributed by atoms with Crippen molar-refractivity contribution in [3.8, 4) is 0 Å². The van der Waals surface area contributed by atoms with Crippen molar-refractivity contribution in [1.82, 2.24) is 10.2 Å². The van der Waals surface area contributed by atoms with E-state index < -0.39 is 28.5 Å². The molecule has 252 valence electrons. The Kier molecular flexibility index (Phi) is 12.0. The summed E-state index contributed by atoms with van der Waals surface area (Å²) in [6.07, 6.45) is 5.27. The molecule has 0 radical (unpaired) electrons. The van der Waals surface area contributed by atoms with Gasteiger partial charge >= 0.3 is 0 Å². The van der Waals surface area contributed by atoms with Crippen molar-refractivity contribution in [2.45, 2.75) is 75.9 Å². The summed E-state index contributed by atoms with van der Waals surface area (Å²) >= 11 is 9.98. The second kappa shape index (κ2) is 16.2. The third-order valence-electron chi connectivity index (χ3n) is 8.88. The van der Waals surface area contributed by atoms with Crippen LogP contribution in [0.25, 0.3) is 0 Å². The van der Waals surface area contributed by atoms with Gasteiger partial charge in [0.1, 0.15) is 12.6 Å². The molecular formula is C38H41BrClN3O4S. The third-order valence-corrected chi connectivity index (χ3v) is 11.6. The molecule has 4 aromatic carbocycles. The van der Waals surface area contributed by atoms with Crippen molar-refractivity contribution in [3.63, 3.8) is 0 Å². The van der Waals surface area contributed by atoms with Crippen molar-refractivity contribution in [2.75, 3.05) is 10.8 Å². The van der Waals surface area contributed by atoms with Crippen LogP contribution in [0.15, 0.2) is 106 Å². The summed E-state index contributed by atoms with van der Waals surface area (Å²) in [6.45, 7) is 3.18. The van der Waals surface area contributed by atoms with Crippen molar-refractivity contribution < 1.29 is 18.0 Å². The summed E-state index contributed by atoms with van der Waals surface area (Å²) in [5.41, 5.74) is 3.43. The number of rotatable bonds is 12. The van der Waals surface area contributed by atoms with Gasteiger partial charge in [-0.1, -0.05) is 113 Å². The second-order valence-electron chi connectivity index (χ2n) is 12.4. The molecule has 0 heterocycles. The van der Waals surface area contributed by atoms with Gasteiger partial charge in [0.15, 0.2) is 0 Å². The molecule has 48 heavy (non-hydrogen) atoms. The summed E-state index contributed by atoms with van der Waals surface area (Å²) in [5.74, 6) is -0.754. The van der Waals surface area contributed by atoms with Crippen LogP contribution >= 0.6 is 27.5 Å². The van der Waals surface area contributed by atoms with Gasteiger partial charge in [-0.05, 0) is 79.8 Å². The first-order valence-corrected chi connectivity index (χ1v) is 18.9. The van der Waals surface area contributed by atoms with E-state index in [1.807, 2.05) is 61.5 Å². The van der Waals surface area contributed by atoms with Gasteiger partial charge in [-0.15, -0.1) is 0 Å². The van der Waals surface area contributed by atoms with E-state index in [0.717, 1.165) is 57.6 Å². The highest BCUT2D eigenvalue weighted by Gasteiger charge is 2.36. The molecule has 1 aliphatic carbocycles. The second-order valence-corrected chi connectivity index (χ2v) is 15.6. The molecule has 0 aliphatic heterocycles. The smallest absolute Gasteiger partial charge is 0.264 e. The number of benzene rings is 4. The predicted molar refractivity (Wildman–Crippen MR) is 196 cm³/mol. The van der Waals surface area contributed by atoms with Crippen molar-refractivity contribution in [1.29, 1.82) is 0 Å². The minimum absolute atomic E-state index is 0.0293. The molecule has 1 aliphatic rings. The zero-order valence-corrected chi connectivity index (χ0v) is 30.4. The number of carbonyl (C=O) groups is 2. The van der Waals surface area contributed by atoms with E-state index in [4.69, 9.17) is 11.6 Å². The van der Waals surface area contributed by atoms with Crippen LogP contribution in [0.5, 0.6) is 0 Å². The molecule has 10 heteroatoms. The van der Waals surface area contributed by atoms with Gasteiger partial charge in [0, 0.05) is 28.5 Å². The first-order valence-electron chi connectivity index (χ1n) is 16.3. The highest BCUT2D eigenvalue weighted by Crippen LogP contribution is 2.32. The van der Waals surface area contributed by atoms with Gasteiger partial charge in [0.05, 0.1) is 10.6 Å². The minimum Gasteiger partial charge on any atom is -0.352 e. The number of nitrogens with zero attached hydrogens (tertiary/aromatic N) is 2. The molecule has 1 unspecified atom stereocenters. The van der Waals surface area contributed by atoms with Crippen molar-refractivity contribution >= 4 is 55.1 Å². The number of halogens is 2. The van der Waals surface area contributed by atoms with Crippen LogP contribution in [0, 0.1) is 13.8 Å². The van der Waals surface area contributed by atoms with Crippen LogP contribution in [0.4, 0.5) is 5.69 Å². The van der Waals surface area contributed by atoms with E-state index in [-0.39, 0.29) is 29.8 Å². The Hall–Kier alpha value is -3.66. The number of amides is 2. The summed E-state index contributed by atoms with van der Waals surface area (Å²) in [5, 5.41) is 3.62. The molecule has 2 amide bonds. The van der Waals surface area contributed by atoms with Gasteiger partial charge in [-0.25, -0.2) is 8.42 Å². The fourth-order valence-corrected chi connectivity index (χ4v) is 8.01. The molecule has 7 nitrogen and oxygen atoms in total. The number of aryl methyl sites for hydroxylation is 1. The zero-order valence-electron chi connectivity index (χ0n) is 27.2. The highest BCUT2D eigenvalue weighted by atomic mass is 79.9. The Morgan fingerprint density at radius 3 is 2.19 bits per heavy atom. The Bertz CT molecular complexity index is 1810. The van der Waals surface area contributed by atoms with Gasteiger partial charge in [0.25, 0.3) is 10.0 Å². The summed E-state index contributed by atoms with van der Waals surface area (Å²) in [6, 6.07) is 27.8. The van der Waals surface area contributed by atoms with E-state index >= 15 is 0 Å². The standard InChI is InChI=1S/C38H41BrClN3O4S/c1-27-16-22-33(23-17-27)48(46,47)43(35-15-9-14-34(40)28(35)2)26-37(44)42(25-30-18-20-31(39)21-19-30)36(24-29-10-5-3-6-11-29)38(45)41-32-12-7-4-8-13-32/h3,5-6,9-11,14-23,32,36H,4,7-8,12-13,24-26H2,1-2H3,(H,41,45). The Balaban J connectivity index is 1.58. The van der Waals surface area contributed by atoms with Gasteiger partial charge in [-0.2, -0.15) is 0 Å². The maximum absolute atomic E-state index is 14.8. The molecule has 0 spiro atoms. The van der Waals surface area contributed by atoms with Crippen molar-refractivity contribution in [3.05, 3.63) is 129 Å². The lowest BCUT2D eigenvalue weighted by atomic mass is 9.94. The average molecular weight is 751 g/mol. The van der Waals surface area contributed by atoms with Crippen LogP contribution in [-0.4, -0.2) is 43.8 Å². The summed E-state index contributed by atoms with van der Waals surface area (Å²) < 4.78 is 30.7. The maximum atomic E-state index is 14.8. The molecule has 0 bridgehead atoms. The molecule has 1 N–H and O–H groups in total. The number of hydrogen-bond donors (Lipinski definition) is 1. The van der Waals surface area contributed by atoms with E-state index in [1.165, 1.54) is 17.0 Å². The van der Waals surface area contributed by atoms with E-state index in [1.54, 1.807) is 37.3 Å². The first kappa shape index (κ1) is 35.6. The molecule has 1 saturated carbocycles. The first-order chi connectivity index (χ1) is 23.0. The average Bonchev–Trinajstić information content (AvgIpc) is 3.08. The fraction of sp³-hybridized carbons (Fsp3) is 0.316. The number of nitrogens with one attached hydrogen (secondary N) is 1. The quantitative estimate of drug-likeness (QED) is 0.159. The lowest BCUT2D eigenvalue weighted by molar-refractivity contribution is -0.140. The van der Waals surface area contributed by atoms with Gasteiger partial charge in [-0.3, -0.25) is 13.9 Å². The van der Waals surface area contributed by atoms with Crippen LogP contribution in [0.1, 0.15) is 54.4 Å². The molecule has 1 atom stereocenters. The van der Waals surface area contributed by atoms with Crippen LogP contribution in [0.3, 0.4) is 0 Å². The predicted octanol–water partition coefficient (Wildman–Crippen LogP) is 8.00. The number of sulfonamides is 1. The maximum Gasteiger partial charge on any atom is 0.264 e. The van der Waals surface area contributed by atoms with E-state index in [9.17, 15) is 18.0 Å². The number of anilines is 1. The molecule has 4 aromatic rings. The van der Waals surface area contributed by atoms with Gasteiger partial charge < -0.3 is 10.2 Å². The normalized spacial score (nSPS) is 14.2. The SMILES string of the molecule is Cc1ccc(S(=O)(=O)N(CC(=O)N(Cc2ccc(Br)cc2)C(Cc2ccccc2)C(=O)NC2CCCCC2)c2cccc(Cl)c2C)cc1. The summed E-state index contributed by atoms with van der Waals surface area (Å²) in [7, 11) is -4.22. The van der Waals surface area contributed by atoms with E-state index in [0.29, 0.717) is 16.3 Å². The largest absolute Gasteiger partial charge is 0.352 e. The monoisotopic (exact) mass is 749 g/mol. The topological polar surface area (TPSA) is 86.8 Å². The number of carbonyl (C=O) groups excluding carboxylic acids is 2. The molecule has 0 saturated heterocycles.